The van der Waals surface area contributed by atoms with Crippen LogP contribution in [0.25, 0.3) is 0 Å². The molecule has 7 nitrogen and oxygen atoms in total. The number of hydrogen-bond acceptors (Lipinski definition) is 5. The number of halogens is 1. The number of benzene rings is 1. The molecule has 1 unspecified atom stereocenters. The SMILES string of the molecule is COc1ccc(F)cc1S(=O)(=O)NCC(O)Cn1ccccc1=O. The highest BCUT2D eigenvalue weighted by Crippen LogP contribution is 2.24. The van der Waals surface area contributed by atoms with Gasteiger partial charge in [0.05, 0.1) is 19.8 Å². The number of methoxy groups -OCH3 is 1. The molecule has 1 heterocycles. The standard InChI is InChI=1S/C15H17FN2O5S/c1-23-13-6-5-11(16)8-14(13)24(21,22)17-9-12(19)10-18-7-3-2-4-15(18)20/h2-8,12,17,19H,9-10H2,1H3. The fourth-order valence-electron chi connectivity index (χ4n) is 2.05. The quantitative estimate of drug-likeness (QED) is 0.745. The number of pyridine rings is 1. The van der Waals surface area contributed by atoms with Crippen molar-refractivity contribution in [1.29, 1.82) is 0 Å². The summed E-state index contributed by atoms with van der Waals surface area (Å²) in [6, 6.07) is 7.61. The molecule has 0 aliphatic heterocycles. The van der Waals surface area contributed by atoms with E-state index in [4.69, 9.17) is 4.74 Å². The van der Waals surface area contributed by atoms with Crippen LogP contribution in [0, 0.1) is 5.82 Å². The van der Waals surface area contributed by atoms with Gasteiger partial charge in [-0.25, -0.2) is 17.5 Å². The molecule has 0 aliphatic rings. The maximum absolute atomic E-state index is 13.3. The van der Waals surface area contributed by atoms with Gasteiger partial charge in [-0.2, -0.15) is 0 Å². The Bertz CT molecular complexity index is 866. The van der Waals surface area contributed by atoms with Gasteiger partial charge in [-0.15, -0.1) is 0 Å². The van der Waals surface area contributed by atoms with Crippen LogP contribution in [-0.4, -0.2) is 37.8 Å². The van der Waals surface area contributed by atoms with Crippen molar-refractivity contribution in [3.8, 4) is 5.75 Å². The first kappa shape index (κ1) is 18.1. The van der Waals surface area contributed by atoms with E-state index in [2.05, 4.69) is 4.72 Å². The van der Waals surface area contributed by atoms with Crippen LogP contribution in [-0.2, 0) is 16.6 Å². The van der Waals surface area contributed by atoms with Crippen molar-refractivity contribution >= 4 is 10.0 Å². The van der Waals surface area contributed by atoms with Crippen LogP contribution in [0.3, 0.4) is 0 Å². The zero-order valence-corrected chi connectivity index (χ0v) is 13.7. The Morgan fingerprint density at radius 2 is 2.08 bits per heavy atom. The molecule has 1 aromatic heterocycles. The highest BCUT2D eigenvalue weighted by atomic mass is 32.2. The molecular weight excluding hydrogens is 339 g/mol. The van der Waals surface area contributed by atoms with Crippen molar-refractivity contribution in [2.45, 2.75) is 17.5 Å². The minimum Gasteiger partial charge on any atom is -0.495 e. The van der Waals surface area contributed by atoms with Crippen LogP contribution in [0.2, 0.25) is 0 Å². The average Bonchev–Trinajstić information content (AvgIpc) is 2.55. The lowest BCUT2D eigenvalue weighted by molar-refractivity contribution is 0.156. The third kappa shape index (κ3) is 4.40. The van der Waals surface area contributed by atoms with Crippen molar-refractivity contribution in [1.82, 2.24) is 9.29 Å². The number of aromatic nitrogens is 1. The lowest BCUT2D eigenvalue weighted by atomic mass is 10.3. The first-order chi connectivity index (χ1) is 11.3. The zero-order chi connectivity index (χ0) is 17.7. The van der Waals surface area contributed by atoms with Crippen molar-refractivity contribution in [2.75, 3.05) is 13.7 Å². The molecule has 0 saturated heterocycles. The topological polar surface area (TPSA) is 97.6 Å². The molecule has 24 heavy (non-hydrogen) atoms. The Morgan fingerprint density at radius 1 is 1.33 bits per heavy atom. The van der Waals surface area contributed by atoms with E-state index in [1.807, 2.05) is 0 Å². The van der Waals surface area contributed by atoms with Crippen molar-refractivity contribution in [3.05, 3.63) is 58.8 Å². The molecule has 0 amide bonds. The fraction of sp³-hybridized carbons (Fsp3) is 0.267. The summed E-state index contributed by atoms with van der Waals surface area (Å²) in [4.78, 5) is 11.2. The van der Waals surface area contributed by atoms with E-state index in [0.717, 1.165) is 12.1 Å². The predicted molar refractivity (Wildman–Crippen MR) is 84.8 cm³/mol. The molecule has 0 saturated carbocycles. The van der Waals surface area contributed by atoms with Gasteiger partial charge in [0.25, 0.3) is 5.56 Å². The van der Waals surface area contributed by atoms with E-state index >= 15 is 0 Å². The number of sulfonamides is 1. The van der Waals surface area contributed by atoms with Gasteiger partial charge in [0, 0.05) is 18.8 Å². The van der Waals surface area contributed by atoms with E-state index in [0.29, 0.717) is 0 Å². The van der Waals surface area contributed by atoms with Gasteiger partial charge in [0.15, 0.2) is 0 Å². The normalized spacial score (nSPS) is 12.8. The summed E-state index contributed by atoms with van der Waals surface area (Å²) in [6.45, 7) is -0.425. The van der Waals surface area contributed by atoms with E-state index in [1.54, 1.807) is 12.1 Å². The number of nitrogens with one attached hydrogen (secondary N) is 1. The number of ether oxygens (including phenoxy) is 1. The van der Waals surface area contributed by atoms with Gasteiger partial charge < -0.3 is 14.4 Å². The molecule has 0 aliphatic carbocycles. The summed E-state index contributed by atoms with van der Waals surface area (Å²) in [5, 5.41) is 9.93. The van der Waals surface area contributed by atoms with E-state index < -0.39 is 21.9 Å². The minimum atomic E-state index is -4.09. The summed E-state index contributed by atoms with van der Waals surface area (Å²) >= 11 is 0. The van der Waals surface area contributed by atoms with E-state index in [9.17, 15) is 22.7 Å². The molecule has 0 spiro atoms. The number of nitrogens with zero attached hydrogens (tertiary/aromatic N) is 1. The number of hydrogen-bond donors (Lipinski definition) is 2. The highest BCUT2D eigenvalue weighted by Gasteiger charge is 2.21. The minimum absolute atomic E-state index is 0.0160. The van der Waals surface area contributed by atoms with Gasteiger partial charge in [0.1, 0.15) is 16.5 Å². The summed E-state index contributed by atoms with van der Waals surface area (Å²) in [7, 11) is -2.82. The lowest BCUT2D eigenvalue weighted by Crippen LogP contribution is -2.36. The molecular formula is C15H17FN2O5S. The summed E-state index contributed by atoms with van der Waals surface area (Å²) in [6.07, 6.45) is 0.342. The van der Waals surface area contributed by atoms with E-state index in [1.165, 1.54) is 30.0 Å². The van der Waals surface area contributed by atoms with Crippen molar-refractivity contribution < 1.29 is 22.7 Å². The molecule has 2 aromatic rings. The van der Waals surface area contributed by atoms with Crippen LogP contribution in [0.15, 0.2) is 52.3 Å². The smallest absolute Gasteiger partial charge is 0.250 e. The summed E-state index contributed by atoms with van der Waals surface area (Å²) in [5.41, 5.74) is -0.314. The second kappa shape index (κ2) is 7.56. The van der Waals surface area contributed by atoms with Gasteiger partial charge in [-0.3, -0.25) is 4.79 Å². The highest BCUT2D eigenvalue weighted by molar-refractivity contribution is 7.89. The van der Waals surface area contributed by atoms with Crippen molar-refractivity contribution in [2.24, 2.45) is 0 Å². The van der Waals surface area contributed by atoms with Crippen molar-refractivity contribution in [3.63, 3.8) is 0 Å². The van der Waals surface area contributed by atoms with E-state index in [-0.39, 0.29) is 29.3 Å². The van der Waals surface area contributed by atoms with Crippen LogP contribution in [0.4, 0.5) is 4.39 Å². The predicted octanol–water partition coefficient (Wildman–Crippen LogP) is 0.335. The molecule has 0 bridgehead atoms. The second-order valence-electron chi connectivity index (χ2n) is 4.99. The Labute approximate surface area is 138 Å². The molecule has 1 aromatic carbocycles. The first-order valence-electron chi connectivity index (χ1n) is 7.00. The summed E-state index contributed by atoms with van der Waals surface area (Å²) in [5.74, 6) is -0.745. The molecule has 130 valence electrons. The number of aliphatic hydroxyl groups excluding tert-OH is 1. The zero-order valence-electron chi connectivity index (χ0n) is 12.8. The molecule has 0 radical (unpaired) electrons. The number of rotatable bonds is 7. The fourth-order valence-corrected chi connectivity index (χ4v) is 3.30. The third-order valence-corrected chi connectivity index (χ3v) is 4.68. The van der Waals surface area contributed by atoms with Crippen LogP contribution >= 0.6 is 0 Å². The molecule has 2 rings (SSSR count). The Balaban J connectivity index is 2.09. The number of aliphatic hydroxyl groups is 1. The van der Waals surface area contributed by atoms with Crippen LogP contribution in [0.5, 0.6) is 5.75 Å². The van der Waals surface area contributed by atoms with Crippen LogP contribution in [0.1, 0.15) is 0 Å². The lowest BCUT2D eigenvalue weighted by Gasteiger charge is -2.15. The third-order valence-electron chi connectivity index (χ3n) is 3.23. The summed E-state index contributed by atoms with van der Waals surface area (Å²) < 4.78 is 46.2. The molecule has 2 N–H and O–H groups in total. The van der Waals surface area contributed by atoms with Gasteiger partial charge in [-0.1, -0.05) is 6.07 Å². The van der Waals surface area contributed by atoms with Gasteiger partial charge >= 0.3 is 0 Å². The maximum Gasteiger partial charge on any atom is 0.250 e. The molecule has 1 atom stereocenters. The van der Waals surface area contributed by atoms with Gasteiger partial charge in [-0.05, 0) is 24.3 Å². The Morgan fingerprint density at radius 3 is 2.75 bits per heavy atom. The monoisotopic (exact) mass is 356 g/mol. The Kier molecular flexibility index (Phi) is 5.71. The first-order valence-corrected chi connectivity index (χ1v) is 8.48. The van der Waals surface area contributed by atoms with Gasteiger partial charge in [0.2, 0.25) is 10.0 Å². The Hall–Kier alpha value is -2.23. The largest absolute Gasteiger partial charge is 0.495 e. The molecule has 0 fully saturated rings. The molecule has 9 heteroatoms. The van der Waals surface area contributed by atoms with Crippen LogP contribution < -0.4 is 15.0 Å². The second-order valence-corrected chi connectivity index (χ2v) is 6.73. The maximum atomic E-state index is 13.3. The average molecular weight is 356 g/mol.